The van der Waals surface area contributed by atoms with Crippen molar-refractivity contribution in [2.45, 2.75) is 12.8 Å². The van der Waals surface area contributed by atoms with E-state index >= 15 is 0 Å². The monoisotopic (exact) mass is 295 g/mol. The Hall–Kier alpha value is -1.95. The maximum atomic E-state index is 13.1. The van der Waals surface area contributed by atoms with Crippen molar-refractivity contribution in [1.82, 2.24) is 5.32 Å². The minimum atomic E-state index is -0.929. The SMILES string of the molecule is O=C(NCC(C(=O)O)C1CCOCC1)c1cccc(F)c1. The van der Waals surface area contributed by atoms with Crippen LogP contribution in [0.5, 0.6) is 0 Å². The zero-order chi connectivity index (χ0) is 15.2. The molecule has 114 valence electrons. The van der Waals surface area contributed by atoms with Gasteiger partial charge in [0.25, 0.3) is 5.91 Å². The molecule has 0 radical (unpaired) electrons. The molecule has 1 amide bonds. The lowest BCUT2D eigenvalue weighted by Crippen LogP contribution is -2.39. The van der Waals surface area contributed by atoms with Gasteiger partial charge in [0.2, 0.25) is 0 Å². The summed E-state index contributed by atoms with van der Waals surface area (Å²) in [7, 11) is 0. The van der Waals surface area contributed by atoms with Crippen molar-refractivity contribution >= 4 is 11.9 Å². The molecule has 1 atom stereocenters. The molecule has 6 heteroatoms. The molecule has 1 saturated heterocycles. The highest BCUT2D eigenvalue weighted by atomic mass is 19.1. The lowest BCUT2D eigenvalue weighted by Gasteiger charge is -2.27. The van der Waals surface area contributed by atoms with Gasteiger partial charge in [0.1, 0.15) is 5.82 Å². The average Bonchev–Trinajstić information content (AvgIpc) is 2.48. The van der Waals surface area contributed by atoms with Gasteiger partial charge in [-0.2, -0.15) is 0 Å². The summed E-state index contributed by atoms with van der Waals surface area (Å²) in [6.07, 6.45) is 1.35. The second-order valence-electron chi connectivity index (χ2n) is 5.11. The van der Waals surface area contributed by atoms with Crippen LogP contribution >= 0.6 is 0 Å². The molecule has 1 fully saturated rings. The minimum Gasteiger partial charge on any atom is -0.481 e. The average molecular weight is 295 g/mol. The zero-order valence-electron chi connectivity index (χ0n) is 11.5. The number of carbonyl (C=O) groups is 2. The lowest BCUT2D eigenvalue weighted by atomic mass is 9.86. The number of hydrogen-bond donors (Lipinski definition) is 2. The Kier molecular flexibility index (Phi) is 5.27. The number of hydrogen-bond acceptors (Lipinski definition) is 3. The zero-order valence-corrected chi connectivity index (χ0v) is 11.5. The Morgan fingerprint density at radius 3 is 2.71 bits per heavy atom. The topological polar surface area (TPSA) is 75.6 Å². The van der Waals surface area contributed by atoms with Crippen molar-refractivity contribution in [1.29, 1.82) is 0 Å². The first-order chi connectivity index (χ1) is 10.1. The molecule has 0 saturated carbocycles. The molecule has 2 N–H and O–H groups in total. The third-order valence-corrected chi connectivity index (χ3v) is 3.72. The van der Waals surface area contributed by atoms with E-state index in [2.05, 4.69) is 5.32 Å². The number of aliphatic carboxylic acids is 1. The number of benzene rings is 1. The van der Waals surface area contributed by atoms with Gasteiger partial charge >= 0.3 is 5.97 Å². The molecule has 0 bridgehead atoms. The van der Waals surface area contributed by atoms with E-state index in [-0.39, 0.29) is 18.0 Å². The van der Waals surface area contributed by atoms with Crippen LogP contribution in [0.1, 0.15) is 23.2 Å². The molecular formula is C15H18FNO4. The molecule has 1 aromatic carbocycles. The van der Waals surface area contributed by atoms with E-state index in [1.54, 1.807) is 0 Å². The Morgan fingerprint density at radius 1 is 1.38 bits per heavy atom. The highest BCUT2D eigenvalue weighted by Crippen LogP contribution is 2.23. The van der Waals surface area contributed by atoms with Gasteiger partial charge < -0.3 is 15.2 Å². The Bertz CT molecular complexity index is 514. The van der Waals surface area contributed by atoms with Gasteiger partial charge in [0, 0.05) is 25.3 Å². The lowest BCUT2D eigenvalue weighted by molar-refractivity contribution is -0.144. The predicted molar refractivity (Wildman–Crippen MR) is 73.4 cm³/mol. The first kappa shape index (κ1) is 15.4. The normalized spacial score (nSPS) is 17.2. The first-order valence-corrected chi connectivity index (χ1v) is 6.92. The summed E-state index contributed by atoms with van der Waals surface area (Å²) in [5.41, 5.74) is 0.186. The fourth-order valence-corrected chi connectivity index (χ4v) is 2.51. The Morgan fingerprint density at radius 2 is 2.10 bits per heavy atom. The van der Waals surface area contributed by atoms with Gasteiger partial charge in [-0.05, 0) is 37.0 Å². The largest absolute Gasteiger partial charge is 0.481 e. The second kappa shape index (κ2) is 7.17. The van der Waals surface area contributed by atoms with Crippen LogP contribution in [0.15, 0.2) is 24.3 Å². The van der Waals surface area contributed by atoms with Crippen molar-refractivity contribution in [2.24, 2.45) is 11.8 Å². The fraction of sp³-hybridized carbons (Fsp3) is 0.467. The highest BCUT2D eigenvalue weighted by molar-refractivity contribution is 5.94. The molecule has 0 spiro atoms. The van der Waals surface area contributed by atoms with Gasteiger partial charge in [0.15, 0.2) is 0 Å². The number of amides is 1. The van der Waals surface area contributed by atoms with Gasteiger partial charge in [0.05, 0.1) is 5.92 Å². The summed E-state index contributed by atoms with van der Waals surface area (Å²) in [5.74, 6) is -2.55. The number of carbonyl (C=O) groups excluding carboxylic acids is 1. The van der Waals surface area contributed by atoms with Crippen molar-refractivity contribution in [3.63, 3.8) is 0 Å². The number of nitrogens with one attached hydrogen (secondary N) is 1. The molecule has 2 rings (SSSR count). The summed E-state index contributed by atoms with van der Waals surface area (Å²) in [6.45, 7) is 1.13. The predicted octanol–water partition coefficient (Wildman–Crippen LogP) is 1.68. The number of carboxylic acids is 1. The Labute approximate surface area is 122 Å². The van der Waals surface area contributed by atoms with Gasteiger partial charge in [-0.15, -0.1) is 0 Å². The molecule has 0 aromatic heterocycles. The summed E-state index contributed by atoms with van der Waals surface area (Å²) < 4.78 is 18.3. The van der Waals surface area contributed by atoms with E-state index in [9.17, 15) is 19.1 Å². The summed E-state index contributed by atoms with van der Waals surface area (Å²) in [6, 6.07) is 5.30. The van der Waals surface area contributed by atoms with E-state index in [1.807, 2.05) is 0 Å². The minimum absolute atomic E-state index is 0.0101. The highest BCUT2D eigenvalue weighted by Gasteiger charge is 2.30. The molecular weight excluding hydrogens is 277 g/mol. The third kappa shape index (κ3) is 4.26. The summed E-state index contributed by atoms with van der Waals surface area (Å²) in [4.78, 5) is 23.3. The van der Waals surface area contributed by atoms with E-state index in [4.69, 9.17) is 4.74 Å². The van der Waals surface area contributed by atoms with E-state index in [0.29, 0.717) is 26.1 Å². The molecule has 0 aliphatic carbocycles. The maximum absolute atomic E-state index is 13.1. The van der Waals surface area contributed by atoms with Crippen molar-refractivity contribution < 1.29 is 23.8 Å². The summed E-state index contributed by atoms with van der Waals surface area (Å²) >= 11 is 0. The van der Waals surface area contributed by atoms with Crippen LogP contribution in [0.4, 0.5) is 4.39 Å². The number of halogens is 1. The molecule has 1 unspecified atom stereocenters. The standard InChI is InChI=1S/C15H18FNO4/c16-12-3-1-2-11(8-12)14(18)17-9-13(15(19)20)10-4-6-21-7-5-10/h1-3,8,10,13H,4-7,9H2,(H,17,18)(H,19,20). The third-order valence-electron chi connectivity index (χ3n) is 3.72. The number of carboxylic acid groups (broad SMARTS) is 1. The van der Waals surface area contributed by atoms with Crippen LogP contribution in [-0.2, 0) is 9.53 Å². The molecule has 21 heavy (non-hydrogen) atoms. The van der Waals surface area contributed by atoms with Crippen LogP contribution in [-0.4, -0.2) is 36.7 Å². The van der Waals surface area contributed by atoms with Crippen LogP contribution in [0.2, 0.25) is 0 Å². The Balaban J connectivity index is 1.95. The van der Waals surface area contributed by atoms with Gasteiger partial charge in [-0.3, -0.25) is 9.59 Å². The van der Waals surface area contributed by atoms with Crippen LogP contribution < -0.4 is 5.32 Å². The second-order valence-corrected chi connectivity index (χ2v) is 5.11. The van der Waals surface area contributed by atoms with Crippen molar-refractivity contribution in [2.75, 3.05) is 19.8 Å². The molecule has 1 heterocycles. The fourth-order valence-electron chi connectivity index (χ4n) is 2.51. The van der Waals surface area contributed by atoms with Crippen molar-refractivity contribution in [3.8, 4) is 0 Å². The number of ether oxygens (including phenoxy) is 1. The number of rotatable bonds is 5. The maximum Gasteiger partial charge on any atom is 0.308 e. The molecule has 5 nitrogen and oxygen atoms in total. The van der Waals surface area contributed by atoms with Crippen LogP contribution in [0, 0.1) is 17.7 Å². The van der Waals surface area contributed by atoms with E-state index < -0.39 is 23.6 Å². The van der Waals surface area contributed by atoms with E-state index in [0.717, 1.165) is 6.07 Å². The van der Waals surface area contributed by atoms with Gasteiger partial charge in [-0.1, -0.05) is 6.07 Å². The molecule has 1 aliphatic heterocycles. The van der Waals surface area contributed by atoms with Crippen LogP contribution in [0.3, 0.4) is 0 Å². The first-order valence-electron chi connectivity index (χ1n) is 6.92. The smallest absolute Gasteiger partial charge is 0.308 e. The van der Waals surface area contributed by atoms with Gasteiger partial charge in [-0.25, -0.2) is 4.39 Å². The van der Waals surface area contributed by atoms with Crippen molar-refractivity contribution in [3.05, 3.63) is 35.6 Å². The quantitative estimate of drug-likeness (QED) is 0.866. The van der Waals surface area contributed by atoms with E-state index in [1.165, 1.54) is 18.2 Å². The molecule has 1 aromatic rings. The molecule has 1 aliphatic rings. The van der Waals surface area contributed by atoms with Crippen LogP contribution in [0.25, 0.3) is 0 Å². The summed E-state index contributed by atoms with van der Waals surface area (Å²) in [5, 5.41) is 11.9.